The van der Waals surface area contributed by atoms with Gasteiger partial charge in [-0.1, -0.05) is 12.8 Å². The summed E-state index contributed by atoms with van der Waals surface area (Å²) in [5, 5.41) is 8.03. The van der Waals surface area contributed by atoms with Crippen molar-refractivity contribution in [3.63, 3.8) is 0 Å². The smallest absolute Gasteiger partial charge is 0.233 e. The molecule has 0 aromatic carbocycles. The standard InChI is InChI=1S/C16H26N4O2/c1-11-10-19(12(2)15-18-17-13(3)22-15)8-9-20(11)16(21)14-6-4-5-7-14/h11-12,14H,4-10H2,1-3H3/t11-,12?/m0/s1. The molecule has 1 amide bonds. The van der Waals surface area contributed by atoms with Crippen LogP contribution in [0.25, 0.3) is 0 Å². The van der Waals surface area contributed by atoms with Gasteiger partial charge in [-0.15, -0.1) is 10.2 Å². The summed E-state index contributed by atoms with van der Waals surface area (Å²) in [5.74, 6) is 1.90. The van der Waals surface area contributed by atoms with Crippen molar-refractivity contribution in [1.29, 1.82) is 0 Å². The summed E-state index contributed by atoms with van der Waals surface area (Å²) >= 11 is 0. The van der Waals surface area contributed by atoms with Crippen LogP contribution in [0, 0.1) is 12.8 Å². The maximum Gasteiger partial charge on any atom is 0.233 e. The van der Waals surface area contributed by atoms with E-state index in [1.54, 1.807) is 0 Å². The van der Waals surface area contributed by atoms with Crippen LogP contribution in [0.4, 0.5) is 0 Å². The summed E-state index contributed by atoms with van der Waals surface area (Å²) in [6.07, 6.45) is 4.56. The minimum Gasteiger partial charge on any atom is -0.424 e. The van der Waals surface area contributed by atoms with Crippen LogP contribution >= 0.6 is 0 Å². The van der Waals surface area contributed by atoms with Gasteiger partial charge in [0.2, 0.25) is 17.7 Å². The van der Waals surface area contributed by atoms with Crippen LogP contribution < -0.4 is 0 Å². The first-order valence-corrected chi connectivity index (χ1v) is 8.41. The number of amides is 1. The number of piperazine rings is 1. The van der Waals surface area contributed by atoms with E-state index in [4.69, 9.17) is 4.42 Å². The molecule has 22 heavy (non-hydrogen) atoms. The quantitative estimate of drug-likeness (QED) is 0.856. The van der Waals surface area contributed by atoms with E-state index in [-0.39, 0.29) is 18.0 Å². The van der Waals surface area contributed by atoms with E-state index in [0.29, 0.717) is 17.7 Å². The molecule has 0 spiro atoms. The van der Waals surface area contributed by atoms with Crippen LogP contribution in [0.1, 0.15) is 57.4 Å². The molecule has 122 valence electrons. The first-order chi connectivity index (χ1) is 10.6. The second kappa shape index (κ2) is 6.36. The first-order valence-electron chi connectivity index (χ1n) is 8.41. The third-order valence-corrected chi connectivity index (χ3v) is 5.09. The van der Waals surface area contributed by atoms with Crippen molar-refractivity contribution >= 4 is 5.91 Å². The average Bonchev–Trinajstić information content (AvgIpc) is 3.17. The third kappa shape index (κ3) is 3.02. The van der Waals surface area contributed by atoms with Gasteiger partial charge >= 0.3 is 0 Å². The van der Waals surface area contributed by atoms with Crippen LogP contribution in [-0.2, 0) is 4.79 Å². The number of nitrogens with zero attached hydrogens (tertiary/aromatic N) is 4. The molecule has 1 saturated heterocycles. The van der Waals surface area contributed by atoms with E-state index < -0.39 is 0 Å². The van der Waals surface area contributed by atoms with E-state index in [0.717, 1.165) is 32.5 Å². The van der Waals surface area contributed by atoms with E-state index >= 15 is 0 Å². The minimum absolute atomic E-state index is 0.104. The molecule has 0 bridgehead atoms. The normalized spacial score (nSPS) is 25.6. The van der Waals surface area contributed by atoms with Crippen molar-refractivity contribution in [2.75, 3.05) is 19.6 Å². The van der Waals surface area contributed by atoms with Crippen LogP contribution in [-0.4, -0.2) is 51.6 Å². The highest BCUT2D eigenvalue weighted by atomic mass is 16.4. The molecular weight excluding hydrogens is 280 g/mol. The van der Waals surface area contributed by atoms with Gasteiger partial charge in [-0.05, 0) is 26.7 Å². The molecule has 1 saturated carbocycles. The Bertz CT molecular complexity index is 524. The molecule has 3 rings (SSSR count). The maximum atomic E-state index is 12.6. The van der Waals surface area contributed by atoms with Crippen LogP contribution in [0.3, 0.4) is 0 Å². The number of hydrogen-bond acceptors (Lipinski definition) is 5. The Morgan fingerprint density at radius 1 is 1.27 bits per heavy atom. The van der Waals surface area contributed by atoms with Gasteiger partial charge in [0, 0.05) is 38.5 Å². The molecule has 1 aromatic heterocycles. The maximum absolute atomic E-state index is 12.6. The van der Waals surface area contributed by atoms with Crippen molar-refractivity contribution < 1.29 is 9.21 Å². The summed E-state index contributed by atoms with van der Waals surface area (Å²) in [6, 6.07) is 0.348. The Morgan fingerprint density at radius 3 is 2.59 bits per heavy atom. The van der Waals surface area contributed by atoms with E-state index in [2.05, 4.69) is 33.8 Å². The van der Waals surface area contributed by atoms with Gasteiger partial charge < -0.3 is 9.32 Å². The van der Waals surface area contributed by atoms with Gasteiger partial charge in [-0.25, -0.2) is 0 Å². The highest BCUT2D eigenvalue weighted by Crippen LogP contribution is 2.29. The Morgan fingerprint density at radius 2 is 2.00 bits per heavy atom. The summed E-state index contributed by atoms with van der Waals surface area (Å²) in [5.41, 5.74) is 0. The average molecular weight is 306 g/mol. The fourth-order valence-electron chi connectivity index (χ4n) is 3.71. The monoisotopic (exact) mass is 306 g/mol. The molecule has 1 aliphatic carbocycles. The fourth-order valence-corrected chi connectivity index (χ4v) is 3.71. The molecule has 2 atom stereocenters. The summed E-state index contributed by atoms with van der Waals surface area (Å²) in [7, 11) is 0. The second-order valence-corrected chi connectivity index (χ2v) is 6.69. The molecular formula is C16H26N4O2. The van der Waals surface area contributed by atoms with Crippen molar-refractivity contribution in [3.05, 3.63) is 11.8 Å². The highest BCUT2D eigenvalue weighted by molar-refractivity contribution is 5.79. The first kappa shape index (κ1) is 15.5. The molecule has 1 unspecified atom stereocenters. The zero-order valence-corrected chi connectivity index (χ0v) is 13.8. The largest absolute Gasteiger partial charge is 0.424 e. The number of carbonyl (C=O) groups is 1. The lowest BCUT2D eigenvalue weighted by molar-refractivity contribution is -0.140. The molecule has 6 heteroatoms. The number of aromatic nitrogens is 2. The SMILES string of the molecule is Cc1nnc(C(C)N2CCN(C(=O)C3CCCC3)[C@@H](C)C2)o1. The van der Waals surface area contributed by atoms with Crippen LogP contribution in [0.5, 0.6) is 0 Å². The van der Waals surface area contributed by atoms with Crippen LogP contribution in [0.2, 0.25) is 0 Å². The molecule has 2 aliphatic rings. The lowest BCUT2D eigenvalue weighted by atomic mass is 10.0. The summed E-state index contributed by atoms with van der Waals surface area (Å²) < 4.78 is 5.54. The van der Waals surface area contributed by atoms with E-state index in [1.807, 2.05) is 6.92 Å². The molecule has 0 radical (unpaired) electrons. The van der Waals surface area contributed by atoms with Gasteiger partial charge in [0.25, 0.3) is 0 Å². The van der Waals surface area contributed by atoms with E-state index in [9.17, 15) is 4.79 Å². The van der Waals surface area contributed by atoms with Gasteiger partial charge in [0.05, 0.1) is 6.04 Å². The zero-order chi connectivity index (χ0) is 15.7. The second-order valence-electron chi connectivity index (χ2n) is 6.69. The number of rotatable bonds is 3. The predicted octanol–water partition coefficient (Wildman–Crippen LogP) is 2.16. The summed E-state index contributed by atoms with van der Waals surface area (Å²) in [6.45, 7) is 8.57. The molecule has 0 N–H and O–H groups in total. The zero-order valence-electron chi connectivity index (χ0n) is 13.8. The lowest BCUT2D eigenvalue weighted by Gasteiger charge is -2.42. The fraction of sp³-hybridized carbons (Fsp3) is 0.812. The van der Waals surface area contributed by atoms with Crippen molar-refractivity contribution in [2.45, 2.75) is 58.5 Å². The Balaban J connectivity index is 1.60. The van der Waals surface area contributed by atoms with Crippen molar-refractivity contribution in [3.8, 4) is 0 Å². The molecule has 6 nitrogen and oxygen atoms in total. The molecule has 2 heterocycles. The van der Waals surface area contributed by atoms with Crippen molar-refractivity contribution in [1.82, 2.24) is 20.0 Å². The Kier molecular flexibility index (Phi) is 4.47. The minimum atomic E-state index is 0.104. The Labute approximate surface area is 131 Å². The lowest BCUT2D eigenvalue weighted by Crippen LogP contribution is -2.55. The number of hydrogen-bond donors (Lipinski definition) is 0. The van der Waals surface area contributed by atoms with Gasteiger partial charge in [0.15, 0.2) is 0 Å². The van der Waals surface area contributed by atoms with Gasteiger partial charge in [-0.3, -0.25) is 9.69 Å². The number of aryl methyl sites for hydroxylation is 1. The van der Waals surface area contributed by atoms with Gasteiger partial charge in [-0.2, -0.15) is 0 Å². The topological polar surface area (TPSA) is 62.5 Å². The molecule has 1 aliphatic heterocycles. The van der Waals surface area contributed by atoms with Crippen molar-refractivity contribution in [2.24, 2.45) is 5.92 Å². The molecule has 2 fully saturated rings. The highest BCUT2D eigenvalue weighted by Gasteiger charge is 2.35. The molecule has 1 aromatic rings. The van der Waals surface area contributed by atoms with Gasteiger partial charge in [0.1, 0.15) is 0 Å². The number of carbonyl (C=O) groups excluding carboxylic acids is 1. The third-order valence-electron chi connectivity index (χ3n) is 5.09. The van der Waals surface area contributed by atoms with E-state index in [1.165, 1.54) is 12.8 Å². The predicted molar refractivity (Wildman–Crippen MR) is 82.2 cm³/mol. The Hall–Kier alpha value is -1.43. The van der Waals surface area contributed by atoms with Crippen LogP contribution in [0.15, 0.2) is 4.42 Å². The summed E-state index contributed by atoms with van der Waals surface area (Å²) in [4.78, 5) is 17.0.